The number of nitrogens with two attached hydrogens (primary N) is 1. The average molecular weight is 380 g/mol. The van der Waals surface area contributed by atoms with E-state index in [0.717, 1.165) is 4.47 Å². The molecule has 1 unspecified atom stereocenters. The second-order valence-electron chi connectivity index (χ2n) is 4.24. The summed E-state index contributed by atoms with van der Waals surface area (Å²) in [4.78, 5) is 0. The minimum absolute atomic E-state index is 0.219. The van der Waals surface area contributed by atoms with Gasteiger partial charge in [0.15, 0.2) is 0 Å². The highest BCUT2D eigenvalue weighted by Gasteiger charge is 2.24. The molecule has 0 aliphatic heterocycles. The van der Waals surface area contributed by atoms with Crippen molar-refractivity contribution in [3.8, 4) is 0 Å². The Morgan fingerprint density at radius 3 is 2.67 bits per heavy atom. The van der Waals surface area contributed by atoms with Crippen LogP contribution in [0.2, 0.25) is 0 Å². The van der Waals surface area contributed by atoms with Gasteiger partial charge in [0.05, 0.1) is 0 Å². The predicted octanol–water partition coefficient (Wildman–Crippen LogP) is 4.24. The van der Waals surface area contributed by atoms with Crippen LogP contribution in [0.3, 0.4) is 0 Å². The Bertz CT molecular complexity index is 347. The van der Waals surface area contributed by atoms with Crippen molar-refractivity contribution in [2.24, 2.45) is 11.7 Å². The second-order valence-corrected chi connectivity index (χ2v) is 6.31. The lowest BCUT2D eigenvalue weighted by Gasteiger charge is -2.20. The van der Waals surface area contributed by atoms with Gasteiger partial charge in [-0.3, -0.25) is 0 Å². The lowest BCUT2D eigenvalue weighted by molar-refractivity contribution is 0.443. The maximum Gasteiger partial charge on any atom is 0.0334 e. The molecule has 2 rings (SSSR count). The van der Waals surface area contributed by atoms with Gasteiger partial charge in [0, 0.05) is 14.1 Å². The molecular weight excluding hydrogens is 365 g/mol. The first kappa shape index (κ1) is 11.9. The molecule has 3 heteroatoms. The minimum atomic E-state index is 0.219. The van der Waals surface area contributed by atoms with Gasteiger partial charge in [-0.1, -0.05) is 28.8 Å². The summed E-state index contributed by atoms with van der Waals surface area (Å²) in [6.07, 6.45) is 5.29. The molecule has 1 atom stereocenters. The Morgan fingerprint density at radius 2 is 2.00 bits per heavy atom. The van der Waals surface area contributed by atoms with Gasteiger partial charge < -0.3 is 5.73 Å². The molecule has 15 heavy (non-hydrogen) atoms. The summed E-state index contributed by atoms with van der Waals surface area (Å²) < 4.78 is 2.42. The molecule has 1 aromatic carbocycles. The van der Waals surface area contributed by atoms with Crippen LogP contribution in [0.1, 0.15) is 37.3 Å². The molecule has 2 N–H and O–H groups in total. The molecule has 0 aromatic heterocycles. The van der Waals surface area contributed by atoms with Gasteiger partial charge in [0.25, 0.3) is 0 Å². The topological polar surface area (TPSA) is 26.0 Å². The van der Waals surface area contributed by atoms with Gasteiger partial charge in [-0.05, 0) is 65.1 Å². The molecule has 0 bridgehead atoms. The third-order valence-corrected chi connectivity index (χ3v) is 4.70. The number of hydrogen-bond donors (Lipinski definition) is 1. The fourth-order valence-corrected chi connectivity index (χ4v) is 3.41. The van der Waals surface area contributed by atoms with E-state index in [2.05, 4.69) is 56.7 Å². The van der Waals surface area contributed by atoms with Crippen LogP contribution < -0.4 is 5.73 Å². The maximum atomic E-state index is 6.34. The maximum absolute atomic E-state index is 6.34. The van der Waals surface area contributed by atoms with E-state index in [-0.39, 0.29) is 6.04 Å². The van der Waals surface area contributed by atoms with Crippen molar-refractivity contribution in [2.75, 3.05) is 0 Å². The summed E-state index contributed by atoms with van der Waals surface area (Å²) in [5.74, 6) is 0.688. The van der Waals surface area contributed by atoms with Gasteiger partial charge in [0.2, 0.25) is 0 Å². The Kier molecular flexibility index (Phi) is 4.07. The summed E-state index contributed by atoms with van der Waals surface area (Å²) in [5.41, 5.74) is 7.65. The van der Waals surface area contributed by atoms with E-state index in [0.29, 0.717) is 5.92 Å². The molecule has 0 saturated heterocycles. The van der Waals surface area contributed by atoms with Crippen molar-refractivity contribution in [1.82, 2.24) is 0 Å². The third kappa shape index (κ3) is 2.74. The van der Waals surface area contributed by atoms with Crippen molar-refractivity contribution in [3.63, 3.8) is 0 Å². The van der Waals surface area contributed by atoms with Crippen molar-refractivity contribution in [3.05, 3.63) is 31.8 Å². The Balaban J connectivity index is 2.23. The summed E-state index contributed by atoms with van der Waals surface area (Å²) in [5, 5.41) is 0. The quantitative estimate of drug-likeness (QED) is 0.764. The van der Waals surface area contributed by atoms with E-state index >= 15 is 0 Å². The van der Waals surface area contributed by atoms with E-state index < -0.39 is 0 Å². The molecule has 82 valence electrons. The van der Waals surface area contributed by atoms with E-state index in [4.69, 9.17) is 5.73 Å². The monoisotopic (exact) mass is 379 g/mol. The summed E-state index contributed by atoms with van der Waals surface area (Å²) in [6, 6.07) is 6.60. The first-order valence-electron chi connectivity index (χ1n) is 5.39. The van der Waals surface area contributed by atoms with Crippen LogP contribution in [-0.2, 0) is 0 Å². The molecule has 1 aromatic rings. The summed E-state index contributed by atoms with van der Waals surface area (Å²) >= 11 is 5.89. The van der Waals surface area contributed by atoms with Gasteiger partial charge in [-0.2, -0.15) is 0 Å². The smallest absolute Gasteiger partial charge is 0.0334 e. The molecule has 0 amide bonds. The fourth-order valence-electron chi connectivity index (χ4n) is 2.34. The zero-order chi connectivity index (χ0) is 10.8. The Hall–Kier alpha value is 0.390. The number of halogens is 2. The predicted molar refractivity (Wildman–Crippen MR) is 75.7 cm³/mol. The first-order chi connectivity index (χ1) is 7.18. The number of rotatable bonds is 2. The molecular formula is C12H15BrIN. The molecule has 1 aliphatic rings. The molecule has 0 heterocycles. The van der Waals surface area contributed by atoms with E-state index in [1.807, 2.05) is 0 Å². The van der Waals surface area contributed by atoms with E-state index in [1.54, 1.807) is 0 Å². The van der Waals surface area contributed by atoms with Crippen molar-refractivity contribution >= 4 is 38.5 Å². The van der Waals surface area contributed by atoms with Crippen LogP contribution >= 0.6 is 38.5 Å². The van der Waals surface area contributed by atoms with Crippen molar-refractivity contribution in [1.29, 1.82) is 0 Å². The van der Waals surface area contributed by atoms with Crippen LogP contribution in [0.15, 0.2) is 22.7 Å². The minimum Gasteiger partial charge on any atom is -0.324 e. The normalized spacial score (nSPS) is 19.4. The van der Waals surface area contributed by atoms with Gasteiger partial charge in [-0.15, -0.1) is 0 Å². The average Bonchev–Trinajstić information content (AvgIpc) is 2.74. The van der Waals surface area contributed by atoms with Crippen molar-refractivity contribution in [2.45, 2.75) is 31.7 Å². The summed E-state index contributed by atoms with van der Waals surface area (Å²) in [6.45, 7) is 0. The Morgan fingerprint density at radius 1 is 1.33 bits per heavy atom. The third-order valence-electron chi connectivity index (χ3n) is 3.22. The highest BCUT2D eigenvalue weighted by molar-refractivity contribution is 14.1. The highest BCUT2D eigenvalue weighted by Crippen LogP contribution is 2.36. The zero-order valence-electron chi connectivity index (χ0n) is 8.55. The second kappa shape index (κ2) is 5.15. The number of hydrogen-bond acceptors (Lipinski definition) is 1. The van der Waals surface area contributed by atoms with E-state index in [9.17, 15) is 0 Å². The van der Waals surface area contributed by atoms with Crippen LogP contribution in [0.5, 0.6) is 0 Å². The molecule has 1 aliphatic carbocycles. The lowest BCUT2D eigenvalue weighted by Crippen LogP contribution is -2.20. The van der Waals surface area contributed by atoms with Crippen LogP contribution in [-0.4, -0.2) is 0 Å². The lowest BCUT2D eigenvalue weighted by atomic mass is 9.93. The van der Waals surface area contributed by atoms with Gasteiger partial charge in [-0.25, -0.2) is 0 Å². The SMILES string of the molecule is NC(c1cc(Br)ccc1I)C1CCCC1. The van der Waals surface area contributed by atoms with Crippen LogP contribution in [0.25, 0.3) is 0 Å². The van der Waals surface area contributed by atoms with Crippen LogP contribution in [0, 0.1) is 9.49 Å². The molecule has 1 fully saturated rings. The van der Waals surface area contributed by atoms with Crippen LogP contribution in [0.4, 0.5) is 0 Å². The number of benzene rings is 1. The molecule has 1 nitrogen and oxygen atoms in total. The standard InChI is InChI=1S/C12H15BrIN/c13-9-5-6-11(14)10(7-9)12(15)8-3-1-2-4-8/h5-8,12H,1-4,15H2. The van der Waals surface area contributed by atoms with Gasteiger partial charge >= 0.3 is 0 Å². The first-order valence-corrected chi connectivity index (χ1v) is 7.26. The highest BCUT2D eigenvalue weighted by atomic mass is 127. The summed E-state index contributed by atoms with van der Waals surface area (Å²) in [7, 11) is 0. The van der Waals surface area contributed by atoms with E-state index in [1.165, 1.54) is 34.8 Å². The molecule has 1 saturated carbocycles. The van der Waals surface area contributed by atoms with Gasteiger partial charge in [0.1, 0.15) is 0 Å². The largest absolute Gasteiger partial charge is 0.324 e. The van der Waals surface area contributed by atoms with Crippen molar-refractivity contribution < 1.29 is 0 Å². The fraction of sp³-hybridized carbons (Fsp3) is 0.500. The molecule has 0 radical (unpaired) electrons. The zero-order valence-corrected chi connectivity index (χ0v) is 12.3. The Labute approximate surface area is 113 Å². The molecule has 0 spiro atoms.